The van der Waals surface area contributed by atoms with Gasteiger partial charge >= 0.3 is 5.97 Å². The number of ether oxygens (including phenoxy) is 2. The third-order valence-electron chi connectivity index (χ3n) is 3.26. The summed E-state index contributed by atoms with van der Waals surface area (Å²) in [6.07, 6.45) is 0. The van der Waals surface area contributed by atoms with Gasteiger partial charge in [-0.05, 0) is 24.1 Å². The highest BCUT2D eigenvalue weighted by atomic mass is 16.5. The SMILES string of the molecule is COc1ccc(OC)c(C(=O)NCC(C(=O)O)C(C)C)c1. The van der Waals surface area contributed by atoms with E-state index < -0.39 is 17.8 Å². The van der Waals surface area contributed by atoms with Gasteiger partial charge in [0.1, 0.15) is 11.5 Å². The highest BCUT2D eigenvalue weighted by Crippen LogP contribution is 2.24. The maximum atomic E-state index is 12.2. The molecule has 0 aliphatic rings. The zero-order valence-corrected chi connectivity index (χ0v) is 12.7. The van der Waals surface area contributed by atoms with Crippen molar-refractivity contribution in [2.24, 2.45) is 11.8 Å². The Morgan fingerprint density at radius 1 is 1.24 bits per heavy atom. The Hall–Kier alpha value is -2.24. The summed E-state index contributed by atoms with van der Waals surface area (Å²) in [5.74, 6) is -1.09. The Balaban J connectivity index is 2.86. The fourth-order valence-corrected chi connectivity index (χ4v) is 1.90. The van der Waals surface area contributed by atoms with E-state index in [0.717, 1.165) is 0 Å². The summed E-state index contributed by atoms with van der Waals surface area (Å²) in [5.41, 5.74) is 0.310. The van der Waals surface area contributed by atoms with E-state index in [1.165, 1.54) is 14.2 Å². The molecule has 0 fully saturated rings. The topological polar surface area (TPSA) is 84.9 Å². The van der Waals surface area contributed by atoms with Crippen molar-refractivity contribution in [3.63, 3.8) is 0 Å². The molecule has 116 valence electrons. The van der Waals surface area contributed by atoms with Crippen LogP contribution in [0.1, 0.15) is 24.2 Å². The molecule has 0 bridgehead atoms. The van der Waals surface area contributed by atoms with Crippen molar-refractivity contribution in [1.29, 1.82) is 0 Å². The van der Waals surface area contributed by atoms with Crippen molar-refractivity contribution in [2.75, 3.05) is 20.8 Å². The number of aliphatic carboxylic acids is 1. The number of amides is 1. The van der Waals surface area contributed by atoms with Gasteiger partial charge in [-0.25, -0.2) is 0 Å². The van der Waals surface area contributed by atoms with Gasteiger partial charge in [-0.2, -0.15) is 0 Å². The van der Waals surface area contributed by atoms with E-state index >= 15 is 0 Å². The standard InChI is InChI=1S/C15H21NO5/c1-9(2)12(15(18)19)8-16-14(17)11-7-10(20-3)5-6-13(11)21-4/h5-7,9,12H,8H2,1-4H3,(H,16,17)(H,18,19). The molecule has 1 atom stereocenters. The van der Waals surface area contributed by atoms with Crippen LogP contribution in [-0.4, -0.2) is 37.7 Å². The third kappa shape index (κ3) is 4.37. The molecule has 0 heterocycles. The van der Waals surface area contributed by atoms with Crippen molar-refractivity contribution in [2.45, 2.75) is 13.8 Å². The average molecular weight is 295 g/mol. The minimum atomic E-state index is -0.928. The summed E-state index contributed by atoms with van der Waals surface area (Å²) in [6.45, 7) is 3.67. The normalized spacial score (nSPS) is 11.9. The predicted octanol–water partition coefficient (Wildman–Crippen LogP) is 1.79. The quantitative estimate of drug-likeness (QED) is 0.801. The molecule has 0 saturated heterocycles. The number of benzene rings is 1. The molecule has 1 rings (SSSR count). The van der Waals surface area contributed by atoms with Crippen LogP contribution in [0.5, 0.6) is 11.5 Å². The molecule has 0 spiro atoms. The first-order chi connectivity index (χ1) is 9.90. The van der Waals surface area contributed by atoms with Crippen LogP contribution in [0.3, 0.4) is 0 Å². The Labute approximate surface area is 124 Å². The van der Waals surface area contributed by atoms with E-state index in [0.29, 0.717) is 17.1 Å². The Bertz CT molecular complexity index is 513. The molecule has 0 aliphatic heterocycles. The Morgan fingerprint density at radius 2 is 1.90 bits per heavy atom. The summed E-state index contributed by atoms with van der Waals surface area (Å²) < 4.78 is 10.2. The van der Waals surface area contributed by atoms with Gasteiger partial charge in [-0.1, -0.05) is 13.8 Å². The number of hydrogen-bond acceptors (Lipinski definition) is 4. The zero-order valence-electron chi connectivity index (χ0n) is 12.7. The summed E-state index contributed by atoms with van der Waals surface area (Å²) in [6, 6.07) is 4.87. The van der Waals surface area contributed by atoms with Crippen molar-refractivity contribution in [3.05, 3.63) is 23.8 Å². The van der Waals surface area contributed by atoms with Crippen molar-refractivity contribution in [1.82, 2.24) is 5.32 Å². The number of hydrogen-bond donors (Lipinski definition) is 2. The van der Waals surface area contributed by atoms with Crippen LogP contribution in [0, 0.1) is 11.8 Å². The minimum Gasteiger partial charge on any atom is -0.497 e. The van der Waals surface area contributed by atoms with E-state index in [1.807, 2.05) is 0 Å². The maximum absolute atomic E-state index is 12.2. The first-order valence-corrected chi connectivity index (χ1v) is 6.63. The molecule has 21 heavy (non-hydrogen) atoms. The van der Waals surface area contributed by atoms with Gasteiger partial charge in [0, 0.05) is 6.54 Å². The lowest BCUT2D eigenvalue weighted by Crippen LogP contribution is -2.35. The third-order valence-corrected chi connectivity index (χ3v) is 3.26. The molecule has 1 aromatic carbocycles. The van der Waals surface area contributed by atoms with E-state index in [-0.39, 0.29) is 12.5 Å². The number of carboxylic acids is 1. The van der Waals surface area contributed by atoms with Gasteiger partial charge in [0.2, 0.25) is 0 Å². The fraction of sp³-hybridized carbons (Fsp3) is 0.467. The number of carbonyl (C=O) groups is 2. The number of rotatable bonds is 7. The average Bonchev–Trinajstić information content (AvgIpc) is 2.45. The number of nitrogens with one attached hydrogen (secondary N) is 1. The first-order valence-electron chi connectivity index (χ1n) is 6.63. The zero-order chi connectivity index (χ0) is 16.0. The summed E-state index contributed by atoms with van der Waals surface area (Å²) in [4.78, 5) is 23.3. The largest absolute Gasteiger partial charge is 0.497 e. The molecule has 6 nitrogen and oxygen atoms in total. The summed E-state index contributed by atoms with van der Waals surface area (Å²) in [7, 11) is 2.97. The number of carboxylic acid groups (broad SMARTS) is 1. The van der Waals surface area contributed by atoms with E-state index in [1.54, 1.807) is 32.0 Å². The van der Waals surface area contributed by atoms with E-state index in [2.05, 4.69) is 5.32 Å². The highest BCUT2D eigenvalue weighted by Gasteiger charge is 2.23. The molecule has 0 radical (unpaired) electrons. The van der Waals surface area contributed by atoms with Gasteiger partial charge < -0.3 is 19.9 Å². The second-order valence-corrected chi connectivity index (χ2v) is 4.96. The number of methoxy groups -OCH3 is 2. The monoisotopic (exact) mass is 295 g/mol. The second kappa shape index (κ2) is 7.52. The van der Waals surface area contributed by atoms with Crippen LogP contribution >= 0.6 is 0 Å². The van der Waals surface area contributed by atoms with Crippen LogP contribution in [0.4, 0.5) is 0 Å². The Kier molecular flexibility index (Phi) is 6.02. The lowest BCUT2D eigenvalue weighted by atomic mass is 9.96. The van der Waals surface area contributed by atoms with Crippen LogP contribution in [0.15, 0.2) is 18.2 Å². The van der Waals surface area contributed by atoms with Gasteiger partial charge in [0.25, 0.3) is 5.91 Å². The molecule has 1 aromatic rings. The molecular weight excluding hydrogens is 274 g/mol. The maximum Gasteiger partial charge on any atom is 0.308 e. The lowest BCUT2D eigenvalue weighted by Gasteiger charge is -2.17. The van der Waals surface area contributed by atoms with Crippen molar-refractivity contribution in [3.8, 4) is 11.5 Å². The first kappa shape index (κ1) is 16.8. The van der Waals surface area contributed by atoms with Gasteiger partial charge in [0.05, 0.1) is 25.7 Å². The lowest BCUT2D eigenvalue weighted by molar-refractivity contribution is -0.142. The molecule has 1 unspecified atom stereocenters. The van der Waals surface area contributed by atoms with Crippen LogP contribution < -0.4 is 14.8 Å². The molecule has 0 aliphatic carbocycles. The van der Waals surface area contributed by atoms with Crippen molar-refractivity contribution < 1.29 is 24.2 Å². The molecule has 1 amide bonds. The molecule has 2 N–H and O–H groups in total. The van der Waals surface area contributed by atoms with Crippen LogP contribution in [0.25, 0.3) is 0 Å². The molecular formula is C15H21NO5. The number of carbonyl (C=O) groups excluding carboxylic acids is 1. The Morgan fingerprint density at radius 3 is 2.38 bits per heavy atom. The molecule has 0 saturated carbocycles. The summed E-state index contributed by atoms with van der Waals surface area (Å²) in [5, 5.41) is 11.7. The molecule has 0 aromatic heterocycles. The predicted molar refractivity (Wildman–Crippen MR) is 77.8 cm³/mol. The van der Waals surface area contributed by atoms with E-state index in [4.69, 9.17) is 14.6 Å². The van der Waals surface area contributed by atoms with Crippen LogP contribution in [-0.2, 0) is 4.79 Å². The molecule has 6 heteroatoms. The van der Waals surface area contributed by atoms with Gasteiger partial charge in [-0.15, -0.1) is 0 Å². The van der Waals surface area contributed by atoms with E-state index in [9.17, 15) is 9.59 Å². The second-order valence-electron chi connectivity index (χ2n) is 4.96. The highest BCUT2D eigenvalue weighted by molar-refractivity contribution is 5.97. The smallest absolute Gasteiger partial charge is 0.308 e. The van der Waals surface area contributed by atoms with Gasteiger partial charge in [-0.3, -0.25) is 9.59 Å². The fourth-order valence-electron chi connectivity index (χ4n) is 1.90. The van der Waals surface area contributed by atoms with Crippen LogP contribution in [0.2, 0.25) is 0 Å². The van der Waals surface area contributed by atoms with Crippen molar-refractivity contribution >= 4 is 11.9 Å². The van der Waals surface area contributed by atoms with Gasteiger partial charge in [0.15, 0.2) is 0 Å². The summed E-state index contributed by atoms with van der Waals surface area (Å²) >= 11 is 0. The minimum absolute atomic E-state index is 0.0617.